The lowest BCUT2D eigenvalue weighted by Gasteiger charge is -2.05. The van der Waals surface area contributed by atoms with E-state index in [1.54, 1.807) is 0 Å². The molecule has 1 aromatic rings. The molecular weight excluding hydrogens is 224 g/mol. The Morgan fingerprint density at radius 3 is 1.87 bits per heavy atom. The van der Waals surface area contributed by atoms with E-state index in [-0.39, 0.29) is 11.8 Å². The summed E-state index contributed by atoms with van der Waals surface area (Å²) < 4.78 is 36.4. The van der Waals surface area contributed by atoms with Crippen molar-refractivity contribution in [1.29, 1.82) is 0 Å². The minimum absolute atomic E-state index is 0.0810. The highest BCUT2D eigenvalue weighted by atomic mass is 32.2. The van der Waals surface area contributed by atoms with Gasteiger partial charge in [0.1, 0.15) is 0 Å². The van der Waals surface area contributed by atoms with Crippen LogP contribution < -0.4 is 9.47 Å². The van der Waals surface area contributed by atoms with Gasteiger partial charge in [0, 0.05) is 0 Å². The lowest BCUT2D eigenvalue weighted by atomic mass is 10.6. The van der Waals surface area contributed by atoms with Crippen LogP contribution in [0.1, 0.15) is 0 Å². The molecule has 1 aromatic heterocycles. The van der Waals surface area contributed by atoms with Crippen LogP contribution in [0.2, 0.25) is 0 Å². The lowest BCUT2D eigenvalue weighted by molar-refractivity contribution is 0.352. The monoisotopic (exact) mass is 234 g/mol. The van der Waals surface area contributed by atoms with Crippen LogP contribution in [0, 0.1) is 0 Å². The van der Waals surface area contributed by atoms with Crippen molar-refractivity contribution in [3.63, 3.8) is 0 Å². The second kappa shape index (κ2) is 4.41. The van der Waals surface area contributed by atoms with Crippen LogP contribution in [0.4, 0.5) is 0 Å². The molecule has 0 amide bonds. The van der Waals surface area contributed by atoms with Crippen LogP contribution in [-0.2, 0) is 14.3 Å². The van der Waals surface area contributed by atoms with Crippen molar-refractivity contribution >= 4 is 10.1 Å². The molecule has 84 valence electrons. The summed E-state index contributed by atoms with van der Waals surface area (Å²) in [5.41, 5.74) is 0. The Morgan fingerprint density at radius 1 is 1.07 bits per heavy atom. The van der Waals surface area contributed by atoms with E-state index >= 15 is 0 Å². The molecule has 0 fully saturated rings. The van der Waals surface area contributed by atoms with Gasteiger partial charge in [-0.05, 0) is 0 Å². The molecule has 0 aliphatic carbocycles. The number of hydrogen-bond donors (Lipinski definition) is 0. The third kappa shape index (κ3) is 2.54. The second-order valence-corrected chi connectivity index (χ2v) is 3.96. The van der Waals surface area contributed by atoms with Gasteiger partial charge in [-0.3, -0.25) is 4.18 Å². The largest absolute Gasteiger partial charge is 0.481 e. The third-order valence-corrected chi connectivity index (χ3v) is 2.59. The summed E-state index contributed by atoms with van der Waals surface area (Å²) in [6, 6.07) is 1.36. The molecular formula is C7H10N2O5S. The van der Waals surface area contributed by atoms with Crippen molar-refractivity contribution in [3.8, 4) is 11.8 Å². The zero-order valence-corrected chi connectivity index (χ0v) is 9.24. The van der Waals surface area contributed by atoms with Gasteiger partial charge in [-0.2, -0.15) is 18.4 Å². The molecule has 0 aromatic carbocycles. The predicted octanol–water partition coefficient (Wildman–Crippen LogP) is -0.171. The topological polar surface area (TPSA) is 87.6 Å². The highest BCUT2D eigenvalue weighted by Gasteiger charge is 2.19. The van der Waals surface area contributed by atoms with Gasteiger partial charge >= 0.3 is 10.1 Å². The summed E-state index contributed by atoms with van der Waals surface area (Å²) in [7, 11) is -0.223. The van der Waals surface area contributed by atoms with Gasteiger partial charge in [-0.1, -0.05) is 0 Å². The van der Waals surface area contributed by atoms with Crippen LogP contribution in [-0.4, -0.2) is 39.7 Å². The number of methoxy groups -OCH3 is 2. The average molecular weight is 234 g/mol. The molecule has 0 saturated heterocycles. The van der Waals surface area contributed by atoms with Gasteiger partial charge in [0.15, 0.2) is 0 Å². The van der Waals surface area contributed by atoms with Crippen molar-refractivity contribution in [2.45, 2.75) is 5.16 Å². The predicted molar refractivity (Wildman–Crippen MR) is 49.3 cm³/mol. The molecule has 0 unspecified atom stereocenters. The molecule has 8 heteroatoms. The highest BCUT2D eigenvalue weighted by Crippen LogP contribution is 2.18. The summed E-state index contributed by atoms with van der Waals surface area (Å²) in [4.78, 5) is 7.23. The number of rotatable bonds is 4. The first-order valence-electron chi connectivity index (χ1n) is 3.81. The summed E-state index contributed by atoms with van der Waals surface area (Å²) in [5.74, 6) is 0.162. The summed E-state index contributed by atoms with van der Waals surface area (Å²) >= 11 is 0. The zero-order chi connectivity index (χ0) is 11.5. The minimum Gasteiger partial charge on any atom is -0.481 e. The molecule has 7 nitrogen and oxygen atoms in total. The molecule has 0 saturated carbocycles. The molecule has 1 rings (SSSR count). The number of aromatic nitrogens is 2. The Morgan fingerprint density at radius 2 is 1.53 bits per heavy atom. The number of ether oxygens (including phenoxy) is 2. The Kier molecular flexibility index (Phi) is 3.43. The fourth-order valence-corrected chi connectivity index (χ4v) is 1.33. The van der Waals surface area contributed by atoms with Crippen molar-refractivity contribution in [1.82, 2.24) is 9.97 Å². The van der Waals surface area contributed by atoms with Crippen molar-refractivity contribution in [3.05, 3.63) is 6.07 Å². The smallest absolute Gasteiger partial charge is 0.332 e. The maximum Gasteiger partial charge on any atom is 0.332 e. The van der Waals surface area contributed by atoms with Gasteiger partial charge in [0.25, 0.3) is 5.16 Å². The van der Waals surface area contributed by atoms with Gasteiger partial charge in [0.05, 0.1) is 27.4 Å². The Labute approximate surface area is 87.1 Å². The summed E-state index contributed by atoms with van der Waals surface area (Å²) in [5, 5.41) is -0.499. The second-order valence-electron chi connectivity index (χ2n) is 2.36. The average Bonchev–Trinajstić information content (AvgIpc) is 2.28. The van der Waals surface area contributed by atoms with E-state index in [1.807, 2.05) is 0 Å². The quantitative estimate of drug-likeness (QED) is 0.527. The maximum absolute atomic E-state index is 11.3. The number of nitrogens with zero attached hydrogens (tertiary/aromatic N) is 2. The van der Waals surface area contributed by atoms with E-state index in [2.05, 4.69) is 14.2 Å². The molecule has 15 heavy (non-hydrogen) atoms. The van der Waals surface area contributed by atoms with Gasteiger partial charge in [-0.15, -0.1) is 0 Å². The molecule has 1 heterocycles. The van der Waals surface area contributed by atoms with Gasteiger partial charge in [-0.25, -0.2) is 0 Å². The SMILES string of the molecule is COc1cc(OC)nc(S(=O)(=O)OC)n1. The van der Waals surface area contributed by atoms with Crippen molar-refractivity contribution in [2.24, 2.45) is 0 Å². The zero-order valence-electron chi connectivity index (χ0n) is 8.42. The molecule has 0 spiro atoms. The van der Waals surface area contributed by atoms with E-state index in [9.17, 15) is 8.42 Å². The molecule has 0 atom stereocenters. The Bertz CT molecular complexity index is 422. The standard InChI is InChI=1S/C7H10N2O5S/c1-12-5-4-6(13-2)9-7(8-5)15(10,11)14-3/h4H,1-3H3. The summed E-state index contributed by atoms with van der Waals surface area (Å²) in [6.45, 7) is 0. The lowest BCUT2D eigenvalue weighted by Crippen LogP contribution is -2.09. The van der Waals surface area contributed by atoms with Gasteiger partial charge in [0.2, 0.25) is 11.8 Å². The Balaban J connectivity index is 3.30. The summed E-state index contributed by atoms with van der Waals surface area (Å²) in [6.07, 6.45) is 0. The van der Waals surface area contributed by atoms with E-state index in [4.69, 9.17) is 9.47 Å². The molecule has 0 N–H and O–H groups in total. The Hall–Kier alpha value is -1.41. The highest BCUT2D eigenvalue weighted by molar-refractivity contribution is 7.86. The van der Waals surface area contributed by atoms with Crippen molar-refractivity contribution < 1.29 is 22.1 Å². The third-order valence-electron chi connectivity index (χ3n) is 1.52. The van der Waals surface area contributed by atoms with Crippen LogP contribution in [0.15, 0.2) is 11.2 Å². The normalized spacial score (nSPS) is 11.1. The first-order valence-corrected chi connectivity index (χ1v) is 5.22. The van der Waals surface area contributed by atoms with Crippen LogP contribution >= 0.6 is 0 Å². The molecule has 0 bridgehead atoms. The fourth-order valence-electron chi connectivity index (χ4n) is 0.779. The van der Waals surface area contributed by atoms with E-state index in [0.717, 1.165) is 7.11 Å². The van der Waals surface area contributed by atoms with E-state index in [1.165, 1.54) is 20.3 Å². The molecule has 0 radical (unpaired) electrons. The van der Waals surface area contributed by atoms with Crippen LogP contribution in [0.3, 0.4) is 0 Å². The van der Waals surface area contributed by atoms with Crippen LogP contribution in [0.25, 0.3) is 0 Å². The first kappa shape index (κ1) is 11.7. The maximum atomic E-state index is 11.3. The van der Waals surface area contributed by atoms with Crippen LogP contribution in [0.5, 0.6) is 11.8 Å². The van der Waals surface area contributed by atoms with Gasteiger partial charge < -0.3 is 9.47 Å². The van der Waals surface area contributed by atoms with E-state index in [0.29, 0.717) is 0 Å². The number of hydrogen-bond acceptors (Lipinski definition) is 7. The minimum atomic E-state index is -3.95. The molecule has 0 aliphatic rings. The van der Waals surface area contributed by atoms with Crippen molar-refractivity contribution in [2.75, 3.05) is 21.3 Å². The fraction of sp³-hybridized carbons (Fsp3) is 0.429. The van der Waals surface area contributed by atoms with E-state index < -0.39 is 15.3 Å². The first-order chi connectivity index (χ1) is 7.03. The molecule has 0 aliphatic heterocycles.